The number of nitrogens with zero attached hydrogens (tertiary/aromatic N) is 2. The van der Waals surface area contributed by atoms with E-state index in [0.717, 1.165) is 5.56 Å². The van der Waals surface area contributed by atoms with Crippen LogP contribution in [-0.2, 0) is 35.1 Å². The molecule has 4 rings (SSSR count). The van der Waals surface area contributed by atoms with Gasteiger partial charge in [0, 0.05) is 33.7 Å². The molecule has 1 saturated heterocycles. The van der Waals surface area contributed by atoms with Gasteiger partial charge in [0.1, 0.15) is 23.9 Å². The van der Waals surface area contributed by atoms with E-state index in [-0.39, 0.29) is 50.5 Å². The number of carbonyl (C=O) groups excluding carboxylic acids is 5. The second-order valence-corrected chi connectivity index (χ2v) is 10.6. The number of amides is 5. The quantitative estimate of drug-likeness (QED) is 0.394. The molecule has 2 bridgehead atoms. The lowest BCUT2D eigenvalue weighted by Gasteiger charge is -2.31. The van der Waals surface area contributed by atoms with Crippen LogP contribution in [0.3, 0.4) is 0 Å². The number of likely N-dealkylation sites (tertiary alicyclic amines) is 1. The molecular formula is C28H41N5O7. The zero-order valence-electron chi connectivity index (χ0n) is 23.7. The van der Waals surface area contributed by atoms with Gasteiger partial charge in [0.05, 0.1) is 13.2 Å². The Hall–Kier alpha value is -3.67. The van der Waals surface area contributed by atoms with E-state index in [1.54, 1.807) is 24.3 Å². The fourth-order valence-electron chi connectivity index (χ4n) is 5.01. The number of likely N-dealkylation sites (N-methyl/N-ethyl adjacent to an activating group) is 1. The van der Waals surface area contributed by atoms with Gasteiger partial charge in [-0.3, -0.25) is 24.0 Å². The van der Waals surface area contributed by atoms with Crippen molar-refractivity contribution in [1.82, 2.24) is 25.8 Å². The Morgan fingerprint density at radius 1 is 1.12 bits per heavy atom. The highest BCUT2D eigenvalue weighted by Crippen LogP contribution is 2.21. The van der Waals surface area contributed by atoms with Crippen LogP contribution in [0.4, 0.5) is 0 Å². The van der Waals surface area contributed by atoms with Crippen LogP contribution in [0, 0.1) is 5.92 Å². The van der Waals surface area contributed by atoms with Crippen LogP contribution in [-0.4, -0.2) is 104 Å². The summed E-state index contributed by atoms with van der Waals surface area (Å²) < 4.78 is 10.8. The topological polar surface area (TPSA) is 146 Å². The number of methoxy groups -OCH3 is 1. The molecule has 3 aliphatic heterocycles. The molecule has 3 N–H and O–H groups in total. The summed E-state index contributed by atoms with van der Waals surface area (Å²) in [6, 6.07) is 4.47. The summed E-state index contributed by atoms with van der Waals surface area (Å²) in [7, 11) is 3.02. The number of nitrogens with one attached hydrogen (secondary N) is 3. The van der Waals surface area contributed by atoms with Crippen LogP contribution in [0.1, 0.15) is 38.7 Å². The van der Waals surface area contributed by atoms with Gasteiger partial charge < -0.3 is 35.2 Å². The maximum absolute atomic E-state index is 13.7. The van der Waals surface area contributed by atoms with Gasteiger partial charge in [-0.2, -0.15) is 0 Å². The van der Waals surface area contributed by atoms with Gasteiger partial charge in [-0.05, 0) is 42.9 Å². The van der Waals surface area contributed by atoms with Gasteiger partial charge in [0.25, 0.3) is 5.91 Å². The van der Waals surface area contributed by atoms with Crippen molar-refractivity contribution >= 4 is 29.5 Å². The van der Waals surface area contributed by atoms with Crippen LogP contribution < -0.4 is 20.7 Å². The summed E-state index contributed by atoms with van der Waals surface area (Å²) in [4.78, 5) is 68.5. The van der Waals surface area contributed by atoms with Crippen molar-refractivity contribution in [3.05, 3.63) is 29.8 Å². The standard InChI is InChI=1S/C28H41N5O7/c1-18(2)14-21-27(37)32(12-13-39-4)16-24(34)30-22(28(38)33-11-5-6-23(33)26(36)29-3)15-19-7-9-20(10-8-19)40-17-25(35)31-21/h7-10,18,21-23H,5-6,11-17H2,1-4H3,(H,29,36)(H,30,34)(H,31,35)/t21-,22-,23-/m0/s1. The number of rotatable bonds is 7. The number of carbonyl (C=O) groups is 5. The predicted molar refractivity (Wildman–Crippen MR) is 146 cm³/mol. The van der Waals surface area contributed by atoms with Crippen molar-refractivity contribution in [3.8, 4) is 5.75 Å². The zero-order chi connectivity index (χ0) is 29.2. The van der Waals surface area contributed by atoms with Crippen molar-refractivity contribution < 1.29 is 33.4 Å². The lowest BCUT2D eigenvalue weighted by molar-refractivity contribution is -0.143. The molecular weight excluding hydrogens is 518 g/mol. The maximum Gasteiger partial charge on any atom is 0.258 e. The molecule has 0 aromatic heterocycles. The van der Waals surface area contributed by atoms with E-state index in [1.165, 1.54) is 24.0 Å². The molecule has 3 aliphatic rings. The molecule has 0 radical (unpaired) electrons. The summed E-state index contributed by atoms with van der Waals surface area (Å²) >= 11 is 0. The molecule has 5 amide bonds. The number of ether oxygens (including phenoxy) is 2. The Morgan fingerprint density at radius 3 is 2.50 bits per heavy atom. The van der Waals surface area contributed by atoms with Crippen LogP contribution in [0.5, 0.6) is 5.75 Å². The Labute approximate surface area is 235 Å². The Bertz CT molecular complexity index is 1060. The van der Waals surface area contributed by atoms with Crippen molar-refractivity contribution in [3.63, 3.8) is 0 Å². The van der Waals surface area contributed by atoms with Crippen molar-refractivity contribution in [2.24, 2.45) is 5.92 Å². The minimum Gasteiger partial charge on any atom is -0.484 e. The smallest absolute Gasteiger partial charge is 0.258 e. The highest BCUT2D eigenvalue weighted by molar-refractivity contribution is 5.94. The zero-order valence-corrected chi connectivity index (χ0v) is 23.7. The molecule has 0 aliphatic carbocycles. The molecule has 0 spiro atoms. The first kappa shape index (κ1) is 30.9. The molecule has 3 heterocycles. The van der Waals surface area contributed by atoms with Gasteiger partial charge >= 0.3 is 0 Å². The highest BCUT2D eigenvalue weighted by Gasteiger charge is 2.38. The van der Waals surface area contributed by atoms with E-state index < -0.39 is 35.8 Å². The van der Waals surface area contributed by atoms with Gasteiger partial charge in [0.2, 0.25) is 23.6 Å². The number of hydrogen-bond acceptors (Lipinski definition) is 7. The van der Waals surface area contributed by atoms with Crippen LogP contribution in [0.2, 0.25) is 0 Å². The summed E-state index contributed by atoms with van der Waals surface area (Å²) in [5, 5.41) is 8.18. The minimum atomic E-state index is -0.956. The van der Waals surface area contributed by atoms with E-state index in [1.807, 2.05) is 13.8 Å². The largest absolute Gasteiger partial charge is 0.484 e. The fraction of sp³-hybridized carbons (Fsp3) is 0.607. The fourth-order valence-corrected chi connectivity index (χ4v) is 5.01. The average Bonchev–Trinajstić information content (AvgIpc) is 3.42. The van der Waals surface area contributed by atoms with Crippen molar-refractivity contribution in [2.45, 2.75) is 57.7 Å². The first-order valence-electron chi connectivity index (χ1n) is 13.7. The summed E-state index contributed by atoms with van der Waals surface area (Å²) in [5.74, 6) is -1.48. The maximum atomic E-state index is 13.7. The summed E-state index contributed by atoms with van der Waals surface area (Å²) in [5.41, 5.74) is 0.752. The molecule has 1 aromatic rings. The minimum absolute atomic E-state index is 0.0853. The second kappa shape index (κ2) is 14.6. The molecule has 40 heavy (non-hydrogen) atoms. The third kappa shape index (κ3) is 8.41. The summed E-state index contributed by atoms with van der Waals surface area (Å²) in [6.07, 6.45) is 1.75. The Morgan fingerprint density at radius 2 is 1.85 bits per heavy atom. The molecule has 1 fully saturated rings. The molecule has 12 nitrogen and oxygen atoms in total. The molecule has 1 aromatic carbocycles. The Kier molecular flexibility index (Phi) is 11.3. The number of hydrogen-bond donors (Lipinski definition) is 3. The second-order valence-electron chi connectivity index (χ2n) is 10.6. The lowest BCUT2D eigenvalue weighted by Crippen LogP contribution is -2.57. The van der Waals surface area contributed by atoms with Crippen LogP contribution in [0.25, 0.3) is 0 Å². The predicted octanol–water partition coefficient (Wildman–Crippen LogP) is -0.151. The van der Waals surface area contributed by atoms with E-state index in [2.05, 4.69) is 16.0 Å². The molecule has 0 saturated carbocycles. The van der Waals surface area contributed by atoms with Crippen molar-refractivity contribution in [1.29, 1.82) is 0 Å². The molecule has 3 atom stereocenters. The number of benzene rings is 1. The van der Waals surface area contributed by atoms with E-state index in [4.69, 9.17) is 9.47 Å². The van der Waals surface area contributed by atoms with Gasteiger partial charge in [-0.1, -0.05) is 26.0 Å². The van der Waals surface area contributed by atoms with E-state index >= 15 is 0 Å². The highest BCUT2D eigenvalue weighted by atomic mass is 16.5. The third-order valence-electron chi connectivity index (χ3n) is 7.00. The van der Waals surface area contributed by atoms with E-state index in [0.29, 0.717) is 31.6 Å². The van der Waals surface area contributed by atoms with Crippen LogP contribution in [0.15, 0.2) is 24.3 Å². The first-order chi connectivity index (χ1) is 19.1. The SMILES string of the molecule is CNC(=O)[C@@H]1CCCN1C(=O)[C@@H]1Cc2ccc(cc2)OCC(=O)N[C@@H](CC(C)C)C(=O)N(CCOC)CC(=O)N1. The lowest BCUT2D eigenvalue weighted by atomic mass is 10.0. The Balaban J connectivity index is 1.93. The monoisotopic (exact) mass is 559 g/mol. The van der Waals surface area contributed by atoms with Gasteiger partial charge in [0.15, 0.2) is 6.61 Å². The van der Waals surface area contributed by atoms with Crippen molar-refractivity contribution in [2.75, 3.05) is 47.0 Å². The molecule has 0 unspecified atom stereocenters. The number of fused-ring (bicyclic) bond motifs is 13. The molecule has 220 valence electrons. The summed E-state index contributed by atoms with van der Waals surface area (Å²) in [6.45, 7) is 3.97. The van der Waals surface area contributed by atoms with E-state index in [9.17, 15) is 24.0 Å². The first-order valence-corrected chi connectivity index (χ1v) is 13.7. The molecule has 12 heteroatoms. The average molecular weight is 560 g/mol. The third-order valence-corrected chi connectivity index (χ3v) is 7.00. The van der Waals surface area contributed by atoms with Gasteiger partial charge in [-0.15, -0.1) is 0 Å². The normalized spacial score (nSPS) is 22.6. The van der Waals surface area contributed by atoms with Gasteiger partial charge in [-0.25, -0.2) is 0 Å². The van der Waals surface area contributed by atoms with Crippen LogP contribution >= 0.6 is 0 Å².